The third kappa shape index (κ3) is 1.66. The molecular formula is C16H11FN2O2S. The van der Waals surface area contributed by atoms with Gasteiger partial charge < -0.3 is 10.1 Å². The van der Waals surface area contributed by atoms with Crippen molar-refractivity contribution in [2.75, 3.05) is 7.11 Å². The van der Waals surface area contributed by atoms with Crippen LogP contribution >= 0.6 is 11.3 Å². The second kappa shape index (κ2) is 5.04. The van der Waals surface area contributed by atoms with Gasteiger partial charge in [0, 0.05) is 10.4 Å². The molecule has 0 radical (unpaired) electrons. The van der Waals surface area contributed by atoms with Gasteiger partial charge in [0.1, 0.15) is 17.2 Å². The average molecular weight is 314 g/mol. The summed E-state index contributed by atoms with van der Waals surface area (Å²) in [4.78, 5) is 12.8. The van der Waals surface area contributed by atoms with Gasteiger partial charge in [-0.05, 0) is 23.1 Å². The van der Waals surface area contributed by atoms with E-state index in [1.165, 1.54) is 30.6 Å². The highest BCUT2D eigenvalue weighted by Gasteiger charge is 2.57. The van der Waals surface area contributed by atoms with E-state index in [9.17, 15) is 14.4 Å². The molecule has 0 unspecified atom stereocenters. The Morgan fingerprint density at radius 2 is 2.23 bits per heavy atom. The molecular weight excluding hydrogens is 303 g/mol. The Bertz CT molecular complexity index is 810. The van der Waals surface area contributed by atoms with Gasteiger partial charge in [-0.3, -0.25) is 4.79 Å². The molecule has 0 spiro atoms. The Morgan fingerprint density at radius 1 is 1.45 bits per heavy atom. The lowest BCUT2D eigenvalue weighted by molar-refractivity contribution is -0.143. The lowest BCUT2D eigenvalue weighted by Crippen LogP contribution is -2.39. The molecule has 0 amide bonds. The normalized spacial score (nSPS) is 23.0. The van der Waals surface area contributed by atoms with Gasteiger partial charge in [-0.15, -0.1) is 11.3 Å². The van der Waals surface area contributed by atoms with Crippen LogP contribution in [-0.2, 0) is 14.9 Å². The molecule has 110 valence electrons. The Kier molecular flexibility index (Phi) is 3.30. The maximum absolute atomic E-state index is 14.2. The molecule has 1 aliphatic rings. The van der Waals surface area contributed by atoms with E-state index >= 15 is 0 Å². The summed E-state index contributed by atoms with van der Waals surface area (Å²) in [5.41, 5.74) is -1.27. The number of hydrogen-bond donors (Lipinski definition) is 1. The first kappa shape index (κ1) is 14.4. The summed E-state index contributed by atoms with van der Waals surface area (Å²) in [5, 5.41) is 19.9. The number of ether oxygens (including phenoxy) is 1. The molecule has 4 nitrogen and oxygen atoms in total. The Balaban J connectivity index is 2.39. The number of halogens is 1. The van der Waals surface area contributed by atoms with Crippen molar-refractivity contribution in [3.05, 3.63) is 57.5 Å². The number of hydrogen-bond acceptors (Lipinski definition) is 5. The molecule has 0 saturated heterocycles. The molecule has 22 heavy (non-hydrogen) atoms. The van der Waals surface area contributed by atoms with Crippen LogP contribution in [0.15, 0.2) is 35.7 Å². The van der Waals surface area contributed by atoms with Gasteiger partial charge in [0.15, 0.2) is 0 Å². The maximum Gasteiger partial charge on any atom is 0.317 e. The monoisotopic (exact) mass is 314 g/mol. The van der Waals surface area contributed by atoms with E-state index < -0.39 is 23.1 Å². The van der Waals surface area contributed by atoms with E-state index in [1.807, 2.05) is 0 Å². The molecule has 1 aliphatic carbocycles. The number of carbonyl (C=O) groups is 1. The number of fused-ring (bicyclic) bond motifs is 1. The van der Waals surface area contributed by atoms with Crippen molar-refractivity contribution in [1.29, 1.82) is 10.7 Å². The van der Waals surface area contributed by atoms with Crippen LogP contribution in [0.4, 0.5) is 4.39 Å². The summed E-state index contributed by atoms with van der Waals surface area (Å²) in [5.74, 6) is -2.49. The SMILES string of the molecule is COC(=O)[C@@H]1C(=N)c2c(F)cccc2[C@]1(C#N)c1cccs1. The lowest BCUT2D eigenvalue weighted by Gasteiger charge is -2.26. The summed E-state index contributed by atoms with van der Waals surface area (Å²) < 4.78 is 19.0. The predicted octanol–water partition coefficient (Wildman–Crippen LogP) is 2.87. The van der Waals surface area contributed by atoms with Crippen molar-refractivity contribution in [3.8, 4) is 6.07 Å². The number of carbonyl (C=O) groups excluding carboxylic acids is 1. The van der Waals surface area contributed by atoms with Crippen LogP contribution in [0.25, 0.3) is 0 Å². The fourth-order valence-electron chi connectivity index (χ4n) is 3.01. The van der Waals surface area contributed by atoms with E-state index in [4.69, 9.17) is 10.1 Å². The molecule has 2 atom stereocenters. The standard InChI is InChI=1S/C16H11FN2O2S/c1-21-15(20)13-14(19)12-9(4-2-5-10(12)17)16(13,8-18)11-6-3-7-22-11/h2-7,13,19H,1H3/t13-,16+/m0/s1. The fraction of sp³-hybridized carbons (Fsp3) is 0.188. The first-order valence-electron chi connectivity index (χ1n) is 6.48. The minimum absolute atomic E-state index is 0.0212. The summed E-state index contributed by atoms with van der Waals surface area (Å²) in [6, 6.07) is 9.95. The second-order valence-corrected chi connectivity index (χ2v) is 5.88. The molecule has 3 rings (SSSR count). The lowest BCUT2D eigenvalue weighted by atomic mass is 9.74. The predicted molar refractivity (Wildman–Crippen MR) is 79.4 cm³/mol. The molecule has 2 aromatic rings. The fourth-order valence-corrected chi connectivity index (χ4v) is 3.93. The van der Waals surface area contributed by atoms with Gasteiger partial charge in [-0.25, -0.2) is 4.39 Å². The van der Waals surface area contributed by atoms with Crippen LogP contribution in [0, 0.1) is 28.5 Å². The van der Waals surface area contributed by atoms with E-state index in [0.717, 1.165) is 0 Å². The van der Waals surface area contributed by atoms with E-state index in [2.05, 4.69) is 6.07 Å². The molecule has 1 aromatic carbocycles. The van der Waals surface area contributed by atoms with Crippen LogP contribution < -0.4 is 0 Å². The molecule has 0 bridgehead atoms. The number of esters is 1. The van der Waals surface area contributed by atoms with Crippen molar-refractivity contribution in [2.45, 2.75) is 5.41 Å². The highest BCUT2D eigenvalue weighted by molar-refractivity contribution is 7.10. The van der Waals surface area contributed by atoms with Crippen LogP contribution in [0.3, 0.4) is 0 Å². The van der Waals surface area contributed by atoms with Gasteiger partial charge in [0.2, 0.25) is 0 Å². The van der Waals surface area contributed by atoms with Gasteiger partial charge in [0.25, 0.3) is 0 Å². The molecule has 0 fully saturated rings. The molecule has 1 N–H and O–H groups in total. The zero-order valence-electron chi connectivity index (χ0n) is 11.6. The van der Waals surface area contributed by atoms with Crippen LogP contribution in [0.2, 0.25) is 0 Å². The minimum Gasteiger partial charge on any atom is -0.468 e. The zero-order chi connectivity index (χ0) is 15.9. The van der Waals surface area contributed by atoms with E-state index in [-0.39, 0.29) is 11.3 Å². The number of nitrogens with zero attached hydrogens (tertiary/aromatic N) is 1. The van der Waals surface area contributed by atoms with Crippen LogP contribution in [0.5, 0.6) is 0 Å². The summed E-state index contributed by atoms with van der Waals surface area (Å²) in [6.07, 6.45) is 0. The molecule has 6 heteroatoms. The van der Waals surface area contributed by atoms with Crippen molar-refractivity contribution < 1.29 is 13.9 Å². The first-order chi connectivity index (χ1) is 10.6. The van der Waals surface area contributed by atoms with Crippen molar-refractivity contribution in [3.63, 3.8) is 0 Å². The number of methoxy groups -OCH3 is 1. The molecule has 1 aromatic heterocycles. The van der Waals surface area contributed by atoms with Crippen LogP contribution in [-0.4, -0.2) is 18.8 Å². The average Bonchev–Trinajstić information content (AvgIpc) is 3.13. The zero-order valence-corrected chi connectivity index (χ0v) is 12.4. The van der Waals surface area contributed by atoms with Gasteiger partial charge >= 0.3 is 5.97 Å². The number of benzene rings is 1. The highest BCUT2D eigenvalue weighted by atomic mass is 32.1. The highest BCUT2D eigenvalue weighted by Crippen LogP contribution is 2.50. The number of thiophene rings is 1. The Morgan fingerprint density at radius 3 is 2.82 bits per heavy atom. The summed E-state index contributed by atoms with van der Waals surface area (Å²) in [6.45, 7) is 0. The Labute approximate surface area is 130 Å². The van der Waals surface area contributed by atoms with Gasteiger partial charge in [-0.2, -0.15) is 5.26 Å². The van der Waals surface area contributed by atoms with E-state index in [1.54, 1.807) is 23.6 Å². The first-order valence-corrected chi connectivity index (χ1v) is 7.36. The molecule has 1 heterocycles. The largest absolute Gasteiger partial charge is 0.468 e. The Hall–Kier alpha value is -2.52. The number of rotatable bonds is 2. The third-order valence-corrected chi connectivity index (χ3v) is 4.96. The van der Waals surface area contributed by atoms with Gasteiger partial charge in [0.05, 0.1) is 18.9 Å². The number of nitriles is 1. The summed E-state index contributed by atoms with van der Waals surface area (Å²) >= 11 is 1.30. The van der Waals surface area contributed by atoms with Crippen molar-refractivity contribution in [1.82, 2.24) is 0 Å². The van der Waals surface area contributed by atoms with Crippen molar-refractivity contribution >= 4 is 23.0 Å². The molecule has 0 aliphatic heterocycles. The minimum atomic E-state index is -1.42. The maximum atomic E-state index is 14.2. The topological polar surface area (TPSA) is 73.9 Å². The van der Waals surface area contributed by atoms with Gasteiger partial charge in [-0.1, -0.05) is 18.2 Å². The van der Waals surface area contributed by atoms with E-state index in [0.29, 0.717) is 10.4 Å². The summed E-state index contributed by atoms with van der Waals surface area (Å²) in [7, 11) is 1.20. The smallest absolute Gasteiger partial charge is 0.317 e. The second-order valence-electron chi connectivity index (χ2n) is 4.93. The van der Waals surface area contributed by atoms with Crippen molar-refractivity contribution in [2.24, 2.45) is 5.92 Å². The third-order valence-electron chi connectivity index (χ3n) is 3.95. The molecule has 0 saturated carbocycles. The van der Waals surface area contributed by atoms with Crippen LogP contribution in [0.1, 0.15) is 16.0 Å². The number of nitrogens with one attached hydrogen (secondary N) is 1. The quantitative estimate of drug-likeness (QED) is 0.866.